The minimum atomic E-state index is -1.57. The standard InChI is InChI=1S/C14H27NO6/c16-10-8-15-7-5-3-1-2-4-6-12(18)21-9-11(17)14(20)13(10)19/h10-11,13-17,19-20H,1-9H2/t10-,11+,13-,14-/m1/s1. The van der Waals surface area contributed by atoms with Crippen molar-refractivity contribution in [2.24, 2.45) is 0 Å². The number of aliphatic hydroxyl groups excluding tert-OH is 4. The molecule has 0 bridgehead atoms. The highest BCUT2D eigenvalue weighted by molar-refractivity contribution is 5.69. The molecule has 0 spiro atoms. The predicted molar refractivity (Wildman–Crippen MR) is 75.6 cm³/mol. The van der Waals surface area contributed by atoms with E-state index >= 15 is 0 Å². The fourth-order valence-corrected chi connectivity index (χ4v) is 2.22. The molecule has 4 atom stereocenters. The summed E-state index contributed by atoms with van der Waals surface area (Å²) in [6.07, 6.45) is -0.714. The van der Waals surface area contributed by atoms with E-state index in [4.69, 9.17) is 4.74 Å². The maximum atomic E-state index is 11.4. The number of ether oxygens (including phenoxy) is 1. The van der Waals surface area contributed by atoms with Gasteiger partial charge in [-0.15, -0.1) is 0 Å². The van der Waals surface area contributed by atoms with E-state index in [0.29, 0.717) is 6.54 Å². The molecule has 1 aliphatic rings. The maximum absolute atomic E-state index is 11.4. The summed E-state index contributed by atoms with van der Waals surface area (Å²) in [5.74, 6) is -0.426. The highest BCUT2D eigenvalue weighted by Crippen LogP contribution is 2.09. The van der Waals surface area contributed by atoms with E-state index in [0.717, 1.165) is 32.1 Å². The van der Waals surface area contributed by atoms with Crippen LogP contribution in [0.5, 0.6) is 0 Å². The van der Waals surface area contributed by atoms with E-state index in [9.17, 15) is 25.2 Å². The van der Waals surface area contributed by atoms with Gasteiger partial charge in [0.1, 0.15) is 24.9 Å². The van der Waals surface area contributed by atoms with Crippen LogP contribution in [0.3, 0.4) is 0 Å². The summed E-state index contributed by atoms with van der Waals surface area (Å²) in [5, 5.41) is 41.9. The molecule has 0 unspecified atom stereocenters. The predicted octanol–water partition coefficient (Wildman–Crippen LogP) is -1.08. The average Bonchev–Trinajstić information content (AvgIpc) is 2.48. The minimum absolute atomic E-state index is 0.130. The Bertz CT molecular complexity index is 301. The topological polar surface area (TPSA) is 119 Å². The molecule has 1 heterocycles. The molecule has 7 nitrogen and oxygen atoms in total. The Hall–Kier alpha value is -0.730. The van der Waals surface area contributed by atoms with Crippen LogP contribution in [0, 0.1) is 0 Å². The van der Waals surface area contributed by atoms with E-state index in [2.05, 4.69) is 5.32 Å². The molecule has 1 aliphatic heterocycles. The van der Waals surface area contributed by atoms with Gasteiger partial charge in [0.2, 0.25) is 0 Å². The molecule has 0 radical (unpaired) electrons. The molecule has 1 rings (SSSR count). The van der Waals surface area contributed by atoms with Crippen molar-refractivity contribution in [3.8, 4) is 0 Å². The third-order valence-electron chi connectivity index (χ3n) is 3.64. The molecule has 0 aromatic rings. The van der Waals surface area contributed by atoms with E-state index in [1.165, 1.54) is 0 Å². The van der Waals surface area contributed by atoms with Crippen LogP contribution in [-0.4, -0.2) is 70.5 Å². The van der Waals surface area contributed by atoms with Crippen LogP contribution in [0.1, 0.15) is 38.5 Å². The van der Waals surface area contributed by atoms with Gasteiger partial charge in [0.05, 0.1) is 6.10 Å². The van der Waals surface area contributed by atoms with Crippen LogP contribution < -0.4 is 5.32 Å². The summed E-state index contributed by atoms with van der Waals surface area (Å²) in [4.78, 5) is 11.4. The fraction of sp³-hybridized carbons (Fsp3) is 0.929. The van der Waals surface area contributed by atoms with Crippen LogP contribution in [0.15, 0.2) is 0 Å². The van der Waals surface area contributed by atoms with Crippen LogP contribution in [0.2, 0.25) is 0 Å². The normalized spacial score (nSPS) is 35.1. The van der Waals surface area contributed by atoms with Gasteiger partial charge in [-0.05, 0) is 19.4 Å². The quantitative estimate of drug-likeness (QED) is 0.361. The SMILES string of the molecule is O=C1CCCCCCCNC[C@@H](O)[C@@H](O)[C@H](O)[C@@H](O)CO1. The van der Waals surface area contributed by atoms with Gasteiger partial charge >= 0.3 is 5.97 Å². The van der Waals surface area contributed by atoms with Crippen molar-refractivity contribution in [3.63, 3.8) is 0 Å². The van der Waals surface area contributed by atoms with Gasteiger partial charge in [0.25, 0.3) is 0 Å². The van der Waals surface area contributed by atoms with Crippen molar-refractivity contribution in [1.82, 2.24) is 5.32 Å². The molecule has 0 amide bonds. The van der Waals surface area contributed by atoms with Gasteiger partial charge in [-0.25, -0.2) is 0 Å². The molecule has 7 heteroatoms. The number of esters is 1. The van der Waals surface area contributed by atoms with Crippen LogP contribution in [0.4, 0.5) is 0 Å². The summed E-state index contributed by atoms with van der Waals surface area (Å²) in [6.45, 7) is 0.451. The van der Waals surface area contributed by atoms with Gasteiger partial charge < -0.3 is 30.5 Å². The Balaban J connectivity index is 2.51. The van der Waals surface area contributed by atoms with E-state index in [1.807, 2.05) is 0 Å². The third kappa shape index (κ3) is 7.19. The molecule has 1 fully saturated rings. The molecular formula is C14H27NO6. The zero-order valence-electron chi connectivity index (χ0n) is 12.3. The Morgan fingerprint density at radius 2 is 1.52 bits per heavy atom. The van der Waals surface area contributed by atoms with Crippen molar-refractivity contribution < 1.29 is 30.0 Å². The van der Waals surface area contributed by atoms with Crippen molar-refractivity contribution in [1.29, 1.82) is 0 Å². The van der Waals surface area contributed by atoms with Crippen molar-refractivity contribution in [2.45, 2.75) is 62.9 Å². The number of aliphatic hydroxyl groups is 4. The summed E-state index contributed by atoms with van der Waals surface area (Å²) in [7, 11) is 0. The summed E-state index contributed by atoms with van der Waals surface area (Å²) in [5.41, 5.74) is 0. The number of carbonyl (C=O) groups excluding carboxylic acids is 1. The highest BCUT2D eigenvalue weighted by Gasteiger charge is 2.30. The fourth-order valence-electron chi connectivity index (χ4n) is 2.22. The smallest absolute Gasteiger partial charge is 0.305 e. The first-order chi connectivity index (χ1) is 10.0. The maximum Gasteiger partial charge on any atom is 0.305 e. The average molecular weight is 305 g/mol. The molecule has 0 aliphatic carbocycles. The largest absolute Gasteiger partial charge is 0.463 e. The van der Waals surface area contributed by atoms with Crippen LogP contribution >= 0.6 is 0 Å². The lowest BCUT2D eigenvalue weighted by molar-refractivity contribution is -0.154. The highest BCUT2D eigenvalue weighted by atomic mass is 16.5. The zero-order valence-corrected chi connectivity index (χ0v) is 12.3. The summed E-state index contributed by atoms with van der Waals surface area (Å²) < 4.78 is 4.85. The molecule has 124 valence electrons. The van der Waals surface area contributed by atoms with E-state index in [1.54, 1.807) is 0 Å². The molecule has 0 aromatic carbocycles. The summed E-state index contributed by atoms with van der Waals surface area (Å²) >= 11 is 0. The lowest BCUT2D eigenvalue weighted by Gasteiger charge is -2.26. The first kappa shape index (κ1) is 18.3. The van der Waals surface area contributed by atoms with E-state index in [-0.39, 0.29) is 13.0 Å². The Morgan fingerprint density at radius 3 is 2.29 bits per heavy atom. The Labute approximate surface area is 124 Å². The lowest BCUT2D eigenvalue weighted by atomic mass is 10.0. The van der Waals surface area contributed by atoms with Gasteiger partial charge in [-0.3, -0.25) is 4.79 Å². The van der Waals surface area contributed by atoms with Gasteiger partial charge in [-0.2, -0.15) is 0 Å². The first-order valence-corrected chi connectivity index (χ1v) is 7.61. The van der Waals surface area contributed by atoms with Gasteiger partial charge in [0.15, 0.2) is 0 Å². The van der Waals surface area contributed by atoms with Crippen molar-refractivity contribution in [3.05, 3.63) is 0 Å². The van der Waals surface area contributed by atoms with E-state index < -0.39 is 37.0 Å². The molecule has 21 heavy (non-hydrogen) atoms. The number of cyclic esters (lactones) is 1. The summed E-state index contributed by atoms with van der Waals surface area (Å²) in [6, 6.07) is 0. The number of hydrogen-bond donors (Lipinski definition) is 5. The second kappa shape index (κ2) is 10.1. The van der Waals surface area contributed by atoms with Crippen molar-refractivity contribution >= 4 is 5.97 Å². The number of nitrogens with one attached hydrogen (secondary N) is 1. The van der Waals surface area contributed by atoms with Gasteiger partial charge in [-0.1, -0.05) is 19.3 Å². The number of β-amino-alcohol motifs (C(OH)–C–C–N with tert-alkyl or cyclic N) is 1. The number of hydrogen-bond acceptors (Lipinski definition) is 7. The molecule has 1 saturated heterocycles. The number of rotatable bonds is 0. The Kier molecular flexibility index (Phi) is 8.79. The Morgan fingerprint density at radius 1 is 0.905 bits per heavy atom. The van der Waals surface area contributed by atoms with Crippen LogP contribution in [0.25, 0.3) is 0 Å². The van der Waals surface area contributed by atoms with Crippen molar-refractivity contribution in [2.75, 3.05) is 19.7 Å². The second-order valence-electron chi connectivity index (χ2n) is 5.52. The second-order valence-corrected chi connectivity index (χ2v) is 5.52. The number of carbonyl (C=O) groups is 1. The molecule has 0 saturated carbocycles. The van der Waals surface area contributed by atoms with Crippen LogP contribution in [-0.2, 0) is 9.53 Å². The zero-order chi connectivity index (χ0) is 15.7. The third-order valence-corrected chi connectivity index (χ3v) is 3.64. The molecular weight excluding hydrogens is 278 g/mol. The minimum Gasteiger partial charge on any atom is -0.463 e. The monoisotopic (exact) mass is 305 g/mol. The molecule has 0 aromatic heterocycles. The van der Waals surface area contributed by atoms with Gasteiger partial charge in [0, 0.05) is 13.0 Å². The molecule has 5 N–H and O–H groups in total. The lowest BCUT2D eigenvalue weighted by Crippen LogP contribution is -2.49. The first-order valence-electron chi connectivity index (χ1n) is 7.61.